The lowest BCUT2D eigenvalue weighted by Crippen LogP contribution is -2.35. The molecule has 5 nitrogen and oxygen atoms in total. The van der Waals surface area contributed by atoms with Crippen LogP contribution < -0.4 is 4.90 Å². The number of hydrogen-bond acceptors (Lipinski definition) is 4. The molecule has 0 bridgehead atoms. The maximum Gasteiger partial charge on any atom is 0.263 e. The van der Waals surface area contributed by atoms with E-state index in [1.807, 2.05) is 12.1 Å². The van der Waals surface area contributed by atoms with E-state index in [1.165, 1.54) is 0 Å². The van der Waals surface area contributed by atoms with Crippen molar-refractivity contribution in [3.8, 4) is 0 Å². The SMILES string of the molecule is CN1CCN(C(=O)c2ccoc2C2CC2)c2ncccc2C1. The molecular formula is C17H19N3O2. The Bertz CT molecular complexity index is 705. The predicted molar refractivity (Wildman–Crippen MR) is 82.9 cm³/mol. The Morgan fingerprint density at radius 2 is 2.18 bits per heavy atom. The van der Waals surface area contributed by atoms with Gasteiger partial charge in [-0.1, -0.05) is 6.07 Å². The summed E-state index contributed by atoms with van der Waals surface area (Å²) in [5.41, 5.74) is 1.79. The third-order valence-electron chi connectivity index (χ3n) is 4.39. The number of likely N-dealkylation sites (N-methyl/N-ethyl adjacent to an activating group) is 1. The van der Waals surface area contributed by atoms with Crippen LogP contribution in [-0.4, -0.2) is 35.9 Å². The van der Waals surface area contributed by atoms with Gasteiger partial charge in [0.25, 0.3) is 5.91 Å². The van der Waals surface area contributed by atoms with Crippen LogP contribution in [0.1, 0.15) is 40.4 Å². The van der Waals surface area contributed by atoms with E-state index >= 15 is 0 Å². The zero-order valence-corrected chi connectivity index (χ0v) is 12.7. The molecule has 5 heteroatoms. The maximum absolute atomic E-state index is 13.0. The van der Waals surface area contributed by atoms with Crippen molar-refractivity contribution >= 4 is 11.7 Å². The lowest BCUT2D eigenvalue weighted by Gasteiger charge is -2.21. The lowest BCUT2D eigenvalue weighted by atomic mass is 10.1. The van der Waals surface area contributed by atoms with E-state index in [2.05, 4.69) is 16.9 Å². The first-order valence-electron chi connectivity index (χ1n) is 7.75. The minimum Gasteiger partial charge on any atom is -0.468 e. The van der Waals surface area contributed by atoms with E-state index in [-0.39, 0.29) is 5.91 Å². The Morgan fingerprint density at radius 1 is 1.32 bits per heavy atom. The first-order chi connectivity index (χ1) is 10.7. The molecule has 1 amide bonds. The van der Waals surface area contributed by atoms with E-state index in [0.29, 0.717) is 18.0 Å². The Kier molecular flexibility index (Phi) is 3.22. The van der Waals surface area contributed by atoms with E-state index in [0.717, 1.165) is 43.1 Å². The monoisotopic (exact) mass is 297 g/mol. The smallest absolute Gasteiger partial charge is 0.263 e. The van der Waals surface area contributed by atoms with Gasteiger partial charge in [0.2, 0.25) is 0 Å². The van der Waals surface area contributed by atoms with Gasteiger partial charge in [-0.2, -0.15) is 0 Å². The van der Waals surface area contributed by atoms with Gasteiger partial charge in [0.15, 0.2) is 0 Å². The van der Waals surface area contributed by atoms with Gasteiger partial charge in [-0.3, -0.25) is 9.69 Å². The van der Waals surface area contributed by atoms with Crippen LogP contribution in [0.3, 0.4) is 0 Å². The number of furan rings is 1. The molecule has 114 valence electrons. The van der Waals surface area contributed by atoms with Crippen molar-refractivity contribution < 1.29 is 9.21 Å². The standard InChI is InChI=1S/C17H19N3O2/c1-19-8-9-20(16-13(11-19)3-2-7-18-16)17(21)14-6-10-22-15(14)12-4-5-12/h2-3,6-7,10,12H,4-5,8-9,11H2,1H3. The number of carbonyl (C=O) groups is 1. The molecule has 0 radical (unpaired) electrons. The fraction of sp³-hybridized carbons (Fsp3) is 0.412. The molecule has 0 spiro atoms. The van der Waals surface area contributed by atoms with E-state index in [9.17, 15) is 4.79 Å². The van der Waals surface area contributed by atoms with Gasteiger partial charge in [-0.15, -0.1) is 0 Å². The highest BCUT2D eigenvalue weighted by Gasteiger charge is 2.34. The second kappa shape index (κ2) is 5.25. The van der Waals surface area contributed by atoms with Crippen LogP contribution in [-0.2, 0) is 6.54 Å². The molecule has 2 aliphatic rings. The van der Waals surface area contributed by atoms with Crippen molar-refractivity contribution in [1.82, 2.24) is 9.88 Å². The molecule has 1 aliphatic carbocycles. The van der Waals surface area contributed by atoms with Crippen molar-refractivity contribution in [3.63, 3.8) is 0 Å². The Morgan fingerprint density at radius 3 is 3.00 bits per heavy atom. The molecule has 3 heterocycles. The predicted octanol–water partition coefficient (Wildman–Crippen LogP) is 2.64. The maximum atomic E-state index is 13.0. The average Bonchev–Trinajstić information content (AvgIpc) is 3.28. The van der Waals surface area contributed by atoms with Crippen LogP contribution in [0.4, 0.5) is 5.82 Å². The van der Waals surface area contributed by atoms with E-state index in [1.54, 1.807) is 23.4 Å². The molecule has 0 saturated heterocycles. The number of hydrogen-bond donors (Lipinski definition) is 0. The topological polar surface area (TPSA) is 49.6 Å². The Hall–Kier alpha value is -2.14. The Balaban J connectivity index is 1.72. The summed E-state index contributed by atoms with van der Waals surface area (Å²) in [6.45, 7) is 2.29. The van der Waals surface area contributed by atoms with Gasteiger partial charge < -0.3 is 9.32 Å². The highest BCUT2D eigenvalue weighted by Crippen LogP contribution is 2.42. The number of pyridine rings is 1. The molecule has 2 aromatic rings. The third-order valence-corrected chi connectivity index (χ3v) is 4.39. The van der Waals surface area contributed by atoms with Crippen molar-refractivity contribution in [3.05, 3.63) is 47.5 Å². The van der Waals surface area contributed by atoms with E-state index in [4.69, 9.17) is 4.42 Å². The third kappa shape index (κ3) is 2.31. The van der Waals surface area contributed by atoms with Crippen LogP contribution in [0.15, 0.2) is 35.1 Å². The van der Waals surface area contributed by atoms with Crippen molar-refractivity contribution in [2.45, 2.75) is 25.3 Å². The van der Waals surface area contributed by atoms with Gasteiger partial charge in [0.05, 0.1) is 11.8 Å². The van der Waals surface area contributed by atoms with Crippen LogP contribution in [0, 0.1) is 0 Å². The summed E-state index contributed by atoms with van der Waals surface area (Å²) >= 11 is 0. The molecule has 0 unspecified atom stereocenters. The second-order valence-electron chi connectivity index (χ2n) is 6.15. The molecule has 22 heavy (non-hydrogen) atoms. The van der Waals surface area contributed by atoms with Crippen molar-refractivity contribution in [1.29, 1.82) is 0 Å². The molecule has 4 rings (SSSR count). The van der Waals surface area contributed by atoms with Gasteiger partial charge in [0, 0.05) is 37.3 Å². The van der Waals surface area contributed by atoms with Gasteiger partial charge >= 0.3 is 0 Å². The molecule has 1 aliphatic heterocycles. The summed E-state index contributed by atoms with van der Waals surface area (Å²) < 4.78 is 5.56. The van der Waals surface area contributed by atoms with Crippen LogP contribution in [0.5, 0.6) is 0 Å². The highest BCUT2D eigenvalue weighted by atomic mass is 16.3. The van der Waals surface area contributed by atoms with Crippen molar-refractivity contribution in [2.75, 3.05) is 25.0 Å². The van der Waals surface area contributed by atoms with Crippen molar-refractivity contribution in [2.24, 2.45) is 0 Å². The molecule has 0 N–H and O–H groups in total. The summed E-state index contributed by atoms with van der Waals surface area (Å²) in [4.78, 5) is 21.5. The molecule has 1 fully saturated rings. The van der Waals surface area contributed by atoms with Gasteiger partial charge in [-0.25, -0.2) is 4.98 Å². The quantitative estimate of drug-likeness (QED) is 0.855. The summed E-state index contributed by atoms with van der Waals surface area (Å²) in [7, 11) is 2.07. The number of nitrogens with zero attached hydrogens (tertiary/aromatic N) is 3. The summed E-state index contributed by atoms with van der Waals surface area (Å²) in [5.74, 6) is 2.05. The molecule has 0 aromatic carbocycles. The Labute approximate surface area is 129 Å². The average molecular weight is 297 g/mol. The number of carbonyl (C=O) groups excluding carboxylic acids is 1. The van der Waals surface area contributed by atoms with Crippen LogP contribution >= 0.6 is 0 Å². The van der Waals surface area contributed by atoms with Crippen LogP contribution in [0.25, 0.3) is 0 Å². The zero-order chi connectivity index (χ0) is 15.1. The number of amides is 1. The first-order valence-corrected chi connectivity index (χ1v) is 7.75. The summed E-state index contributed by atoms with van der Waals surface area (Å²) in [6, 6.07) is 5.77. The van der Waals surface area contributed by atoms with Gasteiger partial charge in [-0.05, 0) is 32.0 Å². The fourth-order valence-corrected chi connectivity index (χ4v) is 3.05. The normalized spacial score (nSPS) is 18.9. The minimum atomic E-state index is 0.00546. The first kappa shape index (κ1) is 13.5. The molecule has 1 saturated carbocycles. The number of anilines is 1. The number of aromatic nitrogens is 1. The summed E-state index contributed by atoms with van der Waals surface area (Å²) in [5, 5.41) is 0. The fourth-order valence-electron chi connectivity index (χ4n) is 3.05. The summed E-state index contributed by atoms with van der Waals surface area (Å²) in [6.07, 6.45) is 5.61. The van der Waals surface area contributed by atoms with Crippen LogP contribution in [0.2, 0.25) is 0 Å². The lowest BCUT2D eigenvalue weighted by molar-refractivity contribution is 0.0983. The molecule has 2 aromatic heterocycles. The van der Waals surface area contributed by atoms with Gasteiger partial charge in [0.1, 0.15) is 11.6 Å². The zero-order valence-electron chi connectivity index (χ0n) is 12.7. The largest absolute Gasteiger partial charge is 0.468 e. The highest BCUT2D eigenvalue weighted by molar-refractivity contribution is 6.06. The minimum absolute atomic E-state index is 0.00546. The number of rotatable bonds is 2. The second-order valence-corrected chi connectivity index (χ2v) is 6.15. The van der Waals surface area contributed by atoms with E-state index < -0.39 is 0 Å². The molecule has 0 atom stereocenters. The number of fused-ring (bicyclic) bond motifs is 1. The molecular weight excluding hydrogens is 278 g/mol.